The summed E-state index contributed by atoms with van der Waals surface area (Å²) in [7, 11) is 0. The zero-order valence-electron chi connectivity index (χ0n) is 7.19. The Balaban J connectivity index is 2.64. The molecule has 0 spiro atoms. The molecule has 0 aliphatic heterocycles. The second-order valence-corrected chi connectivity index (χ2v) is 2.94. The molecule has 1 aromatic rings. The van der Waals surface area contributed by atoms with Crippen LogP contribution >= 0.6 is 0 Å². The summed E-state index contributed by atoms with van der Waals surface area (Å²) in [4.78, 5) is 10.3. The third-order valence-corrected chi connectivity index (χ3v) is 1.65. The van der Waals surface area contributed by atoms with Crippen LogP contribution < -0.4 is 0 Å². The van der Waals surface area contributed by atoms with Gasteiger partial charge < -0.3 is 5.11 Å². The van der Waals surface area contributed by atoms with Crippen molar-refractivity contribution in [2.75, 3.05) is 0 Å². The Labute approximate surface area is 70.8 Å². The zero-order valence-corrected chi connectivity index (χ0v) is 7.19. The molecule has 1 heterocycles. The first-order valence-corrected chi connectivity index (χ1v) is 3.82. The molecule has 1 N–H and O–H groups in total. The first-order valence-electron chi connectivity index (χ1n) is 3.82. The van der Waals surface area contributed by atoms with Gasteiger partial charge in [-0.25, -0.2) is 0 Å². The van der Waals surface area contributed by atoms with Gasteiger partial charge in [-0.3, -0.25) is 9.48 Å². The van der Waals surface area contributed by atoms with Crippen LogP contribution in [0.3, 0.4) is 0 Å². The van der Waals surface area contributed by atoms with E-state index in [1.54, 1.807) is 10.9 Å². The smallest absolute Gasteiger partial charge is 0.305 e. The molecule has 0 aliphatic rings. The standard InChI is InChI=1S/C8H12N2O2/c1-6-4-9-10(5-6)7(2)3-8(11)12/h4-5,7H,3H2,1-2H3,(H,11,12). The molecule has 1 unspecified atom stereocenters. The van der Waals surface area contributed by atoms with Gasteiger partial charge in [0.15, 0.2) is 0 Å². The predicted molar refractivity (Wildman–Crippen MR) is 43.9 cm³/mol. The minimum atomic E-state index is -0.796. The van der Waals surface area contributed by atoms with E-state index in [0.717, 1.165) is 5.56 Å². The van der Waals surface area contributed by atoms with Gasteiger partial charge in [0.1, 0.15) is 0 Å². The van der Waals surface area contributed by atoms with Crippen LogP contribution in [-0.2, 0) is 4.79 Å². The molecule has 0 bridgehead atoms. The second kappa shape index (κ2) is 3.38. The molecule has 4 nitrogen and oxygen atoms in total. The van der Waals surface area contributed by atoms with Crippen LogP contribution in [0.2, 0.25) is 0 Å². The summed E-state index contributed by atoms with van der Waals surface area (Å²) in [6.07, 6.45) is 3.67. The number of hydrogen-bond donors (Lipinski definition) is 1. The minimum absolute atomic E-state index is 0.0730. The summed E-state index contributed by atoms with van der Waals surface area (Å²) in [6, 6.07) is -0.0730. The Morgan fingerprint density at radius 1 is 1.83 bits per heavy atom. The first-order chi connectivity index (χ1) is 5.59. The van der Waals surface area contributed by atoms with E-state index in [1.165, 1.54) is 0 Å². The Morgan fingerprint density at radius 3 is 2.92 bits per heavy atom. The van der Waals surface area contributed by atoms with E-state index in [-0.39, 0.29) is 12.5 Å². The normalized spacial score (nSPS) is 12.8. The van der Waals surface area contributed by atoms with Gasteiger partial charge in [0.25, 0.3) is 0 Å². The quantitative estimate of drug-likeness (QED) is 0.738. The van der Waals surface area contributed by atoms with E-state index in [1.807, 2.05) is 20.0 Å². The number of carbonyl (C=O) groups is 1. The van der Waals surface area contributed by atoms with Gasteiger partial charge in [-0.2, -0.15) is 5.10 Å². The van der Waals surface area contributed by atoms with Gasteiger partial charge in [0.05, 0.1) is 18.7 Å². The van der Waals surface area contributed by atoms with Gasteiger partial charge in [0.2, 0.25) is 0 Å². The lowest BCUT2D eigenvalue weighted by Crippen LogP contribution is -2.10. The summed E-state index contributed by atoms with van der Waals surface area (Å²) in [5.41, 5.74) is 1.05. The van der Waals surface area contributed by atoms with Crippen LogP contribution in [0.4, 0.5) is 0 Å². The molecule has 0 fully saturated rings. The fourth-order valence-electron chi connectivity index (χ4n) is 1.02. The maximum absolute atomic E-state index is 10.3. The lowest BCUT2D eigenvalue weighted by atomic mass is 10.2. The van der Waals surface area contributed by atoms with E-state index in [2.05, 4.69) is 5.10 Å². The lowest BCUT2D eigenvalue weighted by molar-refractivity contribution is -0.137. The number of rotatable bonds is 3. The SMILES string of the molecule is Cc1cnn(C(C)CC(=O)O)c1. The van der Waals surface area contributed by atoms with E-state index in [0.29, 0.717) is 0 Å². The average Bonchev–Trinajstić information content (AvgIpc) is 2.34. The van der Waals surface area contributed by atoms with E-state index in [9.17, 15) is 4.79 Å². The van der Waals surface area contributed by atoms with Crippen molar-refractivity contribution in [2.45, 2.75) is 26.3 Å². The summed E-state index contributed by atoms with van der Waals surface area (Å²) in [5.74, 6) is -0.796. The topological polar surface area (TPSA) is 55.1 Å². The Kier molecular flexibility index (Phi) is 2.47. The highest BCUT2D eigenvalue weighted by atomic mass is 16.4. The van der Waals surface area contributed by atoms with Crippen molar-refractivity contribution in [3.05, 3.63) is 18.0 Å². The molecular weight excluding hydrogens is 156 g/mol. The highest BCUT2D eigenvalue weighted by molar-refractivity contribution is 5.67. The second-order valence-electron chi connectivity index (χ2n) is 2.94. The molecule has 0 aromatic carbocycles. The number of aliphatic carboxylic acids is 1. The van der Waals surface area contributed by atoms with Crippen molar-refractivity contribution in [2.24, 2.45) is 0 Å². The van der Waals surface area contributed by atoms with Gasteiger partial charge in [-0.05, 0) is 19.4 Å². The van der Waals surface area contributed by atoms with Crippen molar-refractivity contribution < 1.29 is 9.90 Å². The highest BCUT2D eigenvalue weighted by Gasteiger charge is 2.09. The molecule has 0 saturated carbocycles. The number of nitrogens with zero attached hydrogens (tertiary/aromatic N) is 2. The summed E-state index contributed by atoms with van der Waals surface area (Å²) < 4.78 is 1.67. The maximum Gasteiger partial charge on any atom is 0.305 e. The molecule has 4 heteroatoms. The van der Waals surface area contributed by atoms with Gasteiger partial charge in [0, 0.05) is 6.20 Å². The summed E-state index contributed by atoms with van der Waals surface area (Å²) in [5, 5.41) is 12.5. The first kappa shape index (κ1) is 8.77. The van der Waals surface area contributed by atoms with Gasteiger partial charge in [-0.1, -0.05) is 0 Å². The number of carboxylic acid groups (broad SMARTS) is 1. The summed E-state index contributed by atoms with van der Waals surface area (Å²) >= 11 is 0. The average molecular weight is 168 g/mol. The molecular formula is C8H12N2O2. The largest absolute Gasteiger partial charge is 0.481 e. The minimum Gasteiger partial charge on any atom is -0.481 e. The van der Waals surface area contributed by atoms with E-state index in [4.69, 9.17) is 5.11 Å². The van der Waals surface area contributed by atoms with Crippen molar-refractivity contribution in [3.63, 3.8) is 0 Å². The lowest BCUT2D eigenvalue weighted by Gasteiger charge is -2.07. The number of aromatic nitrogens is 2. The Hall–Kier alpha value is -1.32. The van der Waals surface area contributed by atoms with Crippen molar-refractivity contribution >= 4 is 5.97 Å². The van der Waals surface area contributed by atoms with Crippen LogP contribution in [-0.4, -0.2) is 20.9 Å². The number of hydrogen-bond acceptors (Lipinski definition) is 2. The summed E-state index contributed by atoms with van der Waals surface area (Å²) in [6.45, 7) is 3.76. The number of aryl methyl sites for hydroxylation is 1. The predicted octanol–water partition coefficient (Wildman–Crippen LogP) is 1.23. The highest BCUT2D eigenvalue weighted by Crippen LogP contribution is 2.09. The van der Waals surface area contributed by atoms with E-state index < -0.39 is 5.97 Å². The van der Waals surface area contributed by atoms with Crippen LogP contribution in [0.15, 0.2) is 12.4 Å². The third kappa shape index (κ3) is 2.08. The monoisotopic (exact) mass is 168 g/mol. The molecule has 1 rings (SSSR count). The molecule has 0 aliphatic carbocycles. The molecule has 0 amide bonds. The zero-order chi connectivity index (χ0) is 9.14. The molecule has 1 aromatic heterocycles. The van der Waals surface area contributed by atoms with Gasteiger partial charge >= 0.3 is 5.97 Å². The Bertz CT molecular complexity index is 280. The van der Waals surface area contributed by atoms with Crippen LogP contribution in [0, 0.1) is 6.92 Å². The van der Waals surface area contributed by atoms with Crippen molar-refractivity contribution in [3.8, 4) is 0 Å². The van der Waals surface area contributed by atoms with Crippen LogP contribution in [0.1, 0.15) is 24.9 Å². The van der Waals surface area contributed by atoms with Crippen molar-refractivity contribution in [1.82, 2.24) is 9.78 Å². The molecule has 0 radical (unpaired) electrons. The Morgan fingerprint density at radius 2 is 2.50 bits per heavy atom. The van der Waals surface area contributed by atoms with Crippen LogP contribution in [0.5, 0.6) is 0 Å². The number of carboxylic acids is 1. The molecule has 0 saturated heterocycles. The van der Waals surface area contributed by atoms with E-state index >= 15 is 0 Å². The fourth-order valence-corrected chi connectivity index (χ4v) is 1.02. The van der Waals surface area contributed by atoms with Gasteiger partial charge in [-0.15, -0.1) is 0 Å². The maximum atomic E-state index is 10.3. The molecule has 66 valence electrons. The fraction of sp³-hybridized carbons (Fsp3) is 0.500. The molecule has 12 heavy (non-hydrogen) atoms. The third-order valence-electron chi connectivity index (χ3n) is 1.65. The van der Waals surface area contributed by atoms with Crippen molar-refractivity contribution in [1.29, 1.82) is 0 Å². The molecule has 1 atom stereocenters. The van der Waals surface area contributed by atoms with Crippen LogP contribution in [0.25, 0.3) is 0 Å².